The predicted molar refractivity (Wildman–Crippen MR) is 88.3 cm³/mol. The molecule has 116 valence electrons. The largest absolute Gasteiger partial charge is 0.370 e. The molecule has 0 aliphatic carbocycles. The van der Waals surface area contributed by atoms with E-state index >= 15 is 0 Å². The number of hydrogen-bond donors (Lipinski definition) is 1. The van der Waals surface area contributed by atoms with Gasteiger partial charge in [0, 0.05) is 25.4 Å². The average molecular weight is 307 g/mol. The molecule has 0 spiro atoms. The van der Waals surface area contributed by atoms with Crippen LogP contribution >= 0.6 is 0 Å². The van der Waals surface area contributed by atoms with Gasteiger partial charge in [0.15, 0.2) is 17.9 Å². The second-order valence-electron chi connectivity index (χ2n) is 5.15. The molecule has 0 saturated heterocycles. The molecule has 3 aromatic rings. The summed E-state index contributed by atoms with van der Waals surface area (Å²) in [5.41, 5.74) is 2.14. The van der Waals surface area contributed by atoms with Crippen molar-refractivity contribution in [1.82, 2.24) is 19.7 Å². The quantitative estimate of drug-likeness (QED) is 0.708. The standard InChI is InChI=1S/C17H17N5O/c1-22-16(12-23)20-21-17(22)14-8-10-19-15(11-14)18-9-7-13-5-3-2-4-6-13/h2-6,8,10-12H,7,9H2,1H3,(H,18,19). The second kappa shape index (κ2) is 6.83. The summed E-state index contributed by atoms with van der Waals surface area (Å²) in [5, 5.41) is 11.2. The Hall–Kier alpha value is -3.02. The highest BCUT2D eigenvalue weighted by atomic mass is 16.1. The number of aldehydes is 1. The fourth-order valence-corrected chi connectivity index (χ4v) is 2.34. The molecule has 0 atom stereocenters. The normalized spacial score (nSPS) is 10.5. The van der Waals surface area contributed by atoms with E-state index in [0.717, 1.165) is 24.3 Å². The van der Waals surface area contributed by atoms with Gasteiger partial charge in [-0.25, -0.2) is 4.98 Å². The van der Waals surface area contributed by atoms with Gasteiger partial charge in [0.25, 0.3) is 0 Å². The van der Waals surface area contributed by atoms with E-state index in [9.17, 15) is 4.79 Å². The van der Waals surface area contributed by atoms with Gasteiger partial charge in [0.05, 0.1) is 0 Å². The number of anilines is 1. The Balaban J connectivity index is 1.70. The summed E-state index contributed by atoms with van der Waals surface area (Å²) in [6.07, 6.45) is 3.33. The Morgan fingerprint density at radius 2 is 2.00 bits per heavy atom. The lowest BCUT2D eigenvalue weighted by atomic mass is 10.1. The first-order chi connectivity index (χ1) is 11.3. The SMILES string of the molecule is Cn1c(C=O)nnc1-c1ccnc(NCCc2ccccc2)c1. The average Bonchev–Trinajstić information content (AvgIpc) is 2.97. The van der Waals surface area contributed by atoms with Crippen LogP contribution in [0, 0.1) is 0 Å². The highest BCUT2D eigenvalue weighted by Crippen LogP contribution is 2.19. The summed E-state index contributed by atoms with van der Waals surface area (Å²) < 4.78 is 1.66. The number of hydrogen-bond acceptors (Lipinski definition) is 5. The van der Waals surface area contributed by atoms with Crippen LogP contribution < -0.4 is 5.32 Å². The molecule has 2 heterocycles. The molecular weight excluding hydrogens is 290 g/mol. The van der Waals surface area contributed by atoms with Gasteiger partial charge in [0.1, 0.15) is 5.82 Å². The summed E-state index contributed by atoms with van der Waals surface area (Å²) in [4.78, 5) is 15.2. The van der Waals surface area contributed by atoms with Crippen molar-refractivity contribution in [3.05, 3.63) is 60.0 Å². The molecule has 1 N–H and O–H groups in total. The molecule has 3 rings (SSSR count). The lowest BCUT2D eigenvalue weighted by Gasteiger charge is -2.07. The minimum atomic E-state index is 0.301. The Morgan fingerprint density at radius 1 is 1.17 bits per heavy atom. The first kappa shape index (κ1) is 14.9. The Kier molecular flexibility index (Phi) is 4.42. The summed E-state index contributed by atoms with van der Waals surface area (Å²) in [7, 11) is 1.77. The molecule has 1 aromatic carbocycles. The van der Waals surface area contributed by atoms with Crippen LogP contribution in [0.15, 0.2) is 48.7 Å². The first-order valence-electron chi connectivity index (χ1n) is 7.36. The van der Waals surface area contributed by atoms with Crippen molar-refractivity contribution < 1.29 is 4.79 Å². The Morgan fingerprint density at radius 3 is 2.74 bits per heavy atom. The van der Waals surface area contributed by atoms with Crippen LogP contribution in [0.5, 0.6) is 0 Å². The van der Waals surface area contributed by atoms with Gasteiger partial charge < -0.3 is 9.88 Å². The number of pyridine rings is 1. The van der Waals surface area contributed by atoms with Crippen LogP contribution in [0.1, 0.15) is 16.2 Å². The van der Waals surface area contributed by atoms with Crippen molar-refractivity contribution in [3.8, 4) is 11.4 Å². The van der Waals surface area contributed by atoms with E-state index in [1.165, 1.54) is 5.56 Å². The summed E-state index contributed by atoms with van der Waals surface area (Å²) in [6.45, 7) is 0.791. The lowest BCUT2D eigenvalue weighted by molar-refractivity contribution is 0.111. The van der Waals surface area contributed by atoms with Crippen molar-refractivity contribution in [2.24, 2.45) is 7.05 Å². The van der Waals surface area contributed by atoms with Crippen molar-refractivity contribution in [2.75, 3.05) is 11.9 Å². The van der Waals surface area contributed by atoms with E-state index in [2.05, 4.69) is 32.6 Å². The molecule has 6 heteroatoms. The number of benzene rings is 1. The number of rotatable bonds is 6. The monoisotopic (exact) mass is 307 g/mol. The number of aromatic nitrogens is 4. The number of carbonyl (C=O) groups is 1. The molecule has 0 bridgehead atoms. The third-order valence-electron chi connectivity index (χ3n) is 3.59. The minimum Gasteiger partial charge on any atom is -0.370 e. The van der Waals surface area contributed by atoms with E-state index in [-0.39, 0.29) is 0 Å². The lowest BCUT2D eigenvalue weighted by Crippen LogP contribution is -2.06. The first-order valence-corrected chi connectivity index (χ1v) is 7.36. The topological polar surface area (TPSA) is 72.7 Å². The number of nitrogens with one attached hydrogen (secondary N) is 1. The fourth-order valence-electron chi connectivity index (χ4n) is 2.34. The molecule has 0 fully saturated rings. The molecular formula is C17H17N5O. The maximum atomic E-state index is 10.9. The van der Waals surface area contributed by atoms with Crippen LogP contribution in [0.25, 0.3) is 11.4 Å². The zero-order chi connectivity index (χ0) is 16.1. The van der Waals surface area contributed by atoms with Crippen molar-refractivity contribution in [2.45, 2.75) is 6.42 Å². The zero-order valence-corrected chi connectivity index (χ0v) is 12.8. The van der Waals surface area contributed by atoms with Gasteiger partial charge >= 0.3 is 0 Å². The van der Waals surface area contributed by atoms with Crippen LogP contribution in [-0.2, 0) is 13.5 Å². The van der Waals surface area contributed by atoms with Crippen LogP contribution in [0.2, 0.25) is 0 Å². The molecule has 0 aliphatic heterocycles. The molecule has 0 amide bonds. The molecule has 0 unspecified atom stereocenters. The zero-order valence-electron chi connectivity index (χ0n) is 12.8. The van der Waals surface area contributed by atoms with Gasteiger partial charge in [-0.1, -0.05) is 30.3 Å². The maximum Gasteiger partial charge on any atom is 0.196 e. The van der Waals surface area contributed by atoms with Crippen LogP contribution in [0.3, 0.4) is 0 Å². The van der Waals surface area contributed by atoms with E-state index < -0.39 is 0 Å². The summed E-state index contributed by atoms with van der Waals surface area (Å²) in [5.74, 6) is 1.71. The van der Waals surface area contributed by atoms with E-state index in [0.29, 0.717) is 17.9 Å². The van der Waals surface area contributed by atoms with Crippen molar-refractivity contribution >= 4 is 12.1 Å². The molecule has 2 aromatic heterocycles. The smallest absolute Gasteiger partial charge is 0.196 e. The van der Waals surface area contributed by atoms with Crippen molar-refractivity contribution in [1.29, 1.82) is 0 Å². The summed E-state index contributed by atoms with van der Waals surface area (Å²) >= 11 is 0. The van der Waals surface area contributed by atoms with E-state index in [4.69, 9.17) is 0 Å². The van der Waals surface area contributed by atoms with Gasteiger partial charge in [-0.2, -0.15) is 0 Å². The Labute approximate surface area is 134 Å². The highest BCUT2D eigenvalue weighted by molar-refractivity contribution is 5.71. The van der Waals surface area contributed by atoms with Gasteiger partial charge in [-0.05, 0) is 24.1 Å². The summed E-state index contributed by atoms with van der Waals surface area (Å²) in [6, 6.07) is 14.0. The van der Waals surface area contributed by atoms with Gasteiger partial charge in [0.2, 0.25) is 0 Å². The molecule has 0 saturated carbocycles. The fraction of sp³-hybridized carbons (Fsp3) is 0.176. The minimum absolute atomic E-state index is 0.301. The van der Waals surface area contributed by atoms with Gasteiger partial charge in [-0.15, -0.1) is 10.2 Å². The number of carbonyl (C=O) groups excluding carboxylic acids is 1. The molecule has 6 nitrogen and oxygen atoms in total. The van der Waals surface area contributed by atoms with E-state index in [1.807, 2.05) is 30.3 Å². The van der Waals surface area contributed by atoms with Crippen LogP contribution in [0.4, 0.5) is 5.82 Å². The Bertz CT molecular complexity index is 798. The molecule has 23 heavy (non-hydrogen) atoms. The second-order valence-corrected chi connectivity index (χ2v) is 5.15. The van der Waals surface area contributed by atoms with Crippen LogP contribution in [-0.4, -0.2) is 32.6 Å². The third-order valence-corrected chi connectivity index (χ3v) is 3.59. The van der Waals surface area contributed by atoms with E-state index in [1.54, 1.807) is 17.8 Å². The molecule has 0 radical (unpaired) electrons. The maximum absolute atomic E-state index is 10.9. The van der Waals surface area contributed by atoms with Gasteiger partial charge in [-0.3, -0.25) is 4.79 Å². The third kappa shape index (κ3) is 3.42. The molecule has 0 aliphatic rings. The predicted octanol–water partition coefficient (Wildman–Crippen LogP) is 2.34. The highest BCUT2D eigenvalue weighted by Gasteiger charge is 2.10. The number of nitrogens with zero attached hydrogens (tertiary/aromatic N) is 4. The van der Waals surface area contributed by atoms with Crippen molar-refractivity contribution in [3.63, 3.8) is 0 Å².